The highest BCUT2D eigenvalue weighted by Gasteiger charge is 2.07. The lowest BCUT2D eigenvalue weighted by molar-refractivity contribution is -0.128. The number of primary amides is 1. The van der Waals surface area contributed by atoms with Crippen LogP contribution in [0.3, 0.4) is 0 Å². The Labute approximate surface area is 108 Å². The van der Waals surface area contributed by atoms with E-state index in [1.807, 2.05) is 0 Å². The van der Waals surface area contributed by atoms with Crippen LogP contribution in [0.15, 0.2) is 0 Å². The normalized spacial score (nSPS) is 9.05. The van der Waals surface area contributed by atoms with Gasteiger partial charge in [0.2, 0.25) is 30.0 Å². The Morgan fingerprint density at radius 1 is 0.789 bits per heavy atom. The molecule has 10 nitrogen and oxygen atoms in total. The van der Waals surface area contributed by atoms with E-state index in [4.69, 9.17) is 5.73 Å². The fourth-order valence-corrected chi connectivity index (χ4v) is 0.865. The van der Waals surface area contributed by atoms with E-state index in [0.717, 1.165) is 0 Å². The summed E-state index contributed by atoms with van der Waals surface area (Å²) < 4.78 is 0. The molecule has 0 radical (unpaired) electrons. The Bertz CT molecular complexity index is 370. The molecule has 0 aliphatic heterocycles. The zero-order valence-electron chi connectivity index (χ0n) is 10.0. The van der Waals surface area contributed by atoms with Crippen molar-refractivity contribution in [2.75, 3.05) is 26.2 Å². The highest BCUT2D eigenvalue weighted by Crippen LogP contribution is 1.69. The van der Waals surface area contributed by atoms with Crippen LogP contribution < -0.4 is 27.0 Å². The van der Waals surface area contributed by atoms with Crippen molar-refractivity contribution >= 4 is 30.0 Å². The van der Waals surface area contributed by atoms with Crippen LogP contribution >= 0.6 is 0 Å². The molecule has 5 amide bonds. The number of carbonyl (C=O) groups excluding carboxylic acids is 5. The minimum Gasteiger partial charge on any atom is -0.368 e. The van der Waals surface area contributed by atoms with Gasteiger partial charge in [0, 0.05) is 0 Å². The third-order valence-electron chi connectivity index (χ3n) is 1.70. The van der Waals surface area contributed by atoms with Crippen molar-refractivity contribution < 1.29 is 24.0 Å². The average Bonchev–Trinajstić information content (AvgIpc) is 2.37. The molecular formula is C9H15N5O5. The number of hydrogen-bond acceptors (Lipinski definition) is 5. The standard InChI is InChI=1S/C9H15N5O5/c10-6(16)1-12-8(18)3-14-9(19)4-13-7(17)2-11-5-15/h5H,1-4H2,(H2,10,16)(H,11,15)(H,12,18)(H,13,17)(H,14,19). The van der Waals surface area contributed by atoms with Gasteiger partial charge in [-0.3, -0.25) is 24.0 Å². The van der Waals surface area contributed by atoms with Crippen LogP contribution in [-0.2, 0) is 24.0 Å². The van der Waals surface area contributed by atoms with Crippen molar-refractivity contribution in [1.82, 2.24) is 21.3 Å². The zero-order valence-corrected chi connectivity index (χ0v) is 10.0. The van der Waals surface area contributed by atoms with Gasteiger partial charge < -0.3 is 27.0 Å². The van der Waals surface area contributed by atoms with Crippen molar-refractivity contribution in [3.05, 3.63) is 0 Å². The van der Waals surface area contributed by atoms with Crippen LogP contribution in [0.1, 0.15) is 0 Å². The predicted octanol–water partition coefficient (Wildman–Crippen LogP) is -4.43. The van der Waals surface area contributed by atoms with E-state index < -0.39 is 23.6 Å². The molecule has 0 rings (SSSR count). The Morgan fingerprint density at radius 3 is 1.63 bits per heavy atom. The monoisotopic (exact) mass is 273 g/mol. The van der Waals surface area contributed by atoms with Crippen LogP contribution in [-0.4, -0.2) is 56.2 Å². The first-order valence-corrected chi connectivity index (χ1v) is 5.21. The first-order valence-electron chi connectivity index (χ1n) is 5.21. The molecule has 0 aliphatic carbocycles. The molecule has 0 unspecified atom stereocenters. The molecule has 106 valence electrons. The highest BCUT2D eigenvalue weighted by atomic mass is 16.2. The summed E-state index contributed by atoms with van der Waals surface area (Å²) in [5.41, 5.74) is 4.80. The quantitative estimate of drug-likeness (QED) is 0.268. The van der Waals surface area contributed by atoms with Crippen LogP contribution in [0.4, 0.5) is 0 Å². The van der Waals surface area contributed by atoms with Crippen molar-refractivity contribution in [3.63, 3.8) is 0 Å². The van der Waals surface area contributed by atoms with Gasteiger partial charge in [-0.2, -0.15) is 0 Å². The van der Waals surface area contributed by atoms with Crippen LogP contribution in [0.25, 0.3) is 0 Å². The average molecular weight is 273 g/mol. The summed E-state index contributed by atoms with van der Waals surface area (Å²) in [6.45, 7) is -1.23. The fraction of sp³-hybridized carbons (Fsp3) is 0.444. The van der Waals surface area contributed by atoms with E-state index in [9.17, 15) is 24.0 Å². The summed E-state index contributed by atoms with van der Waals surface area (Å²) in [4.78, 5) is 53.5. The van der Waals surface area contributed by atoms with Gasteiger partial charge in [-0.05, 0) is 0 Å². The first kappa shape index (κ1) is 16.4. The summed E-state index contributed by atoms with van der Waals surface area (Å²) >= 11 is 0. The second-order valence-electron chi connectivity index (χ2n) is 3.30. The smallest absolute Gasteiger partial charge is 0.239 e. The van der Waals surface area contributed by atoms with Crippen LogP contribution in [0, 0.1) is 0 Å². The van der Waals surface area contributed by atoms with Crippen molar-refractivity contribution in [2.24, 2.45) is 5.73 Å². The molecule has 0 saturated carbocycles. The fourth-order valence-electron chi connectivity index (χ4n) is 0.865. The van der Waals surface area contributed by atoms with E-state index in [1.54, 1.807) is 0 Å². The third kappa shape index (κ3) is 10.2. The summed E-state index contributed by atoms with van der Waals surface area (Å²) in [6, 6.07) is 0. The highest BCUT2D eigenvalue weighted by molar-refractivity contribution is 5.90. The van der Waals surface area contributed by atoms with E-state index in [2.05, 4.69) is 21.3 Å². The summed E-state index contributed by atoms with van der Waals surface area (Å²) in [5.74, 6) is -2.41. The maximum absolute atomic E-state index is 11.2. The molecule has 6 N–H and O–H groups in total. The van der Waals surface area contributed by atoms with Gasteiger partial charge in [0.1, 0.15) is 0 Å². The molecule has 0 spiro atoms. The SMILES string of the molecule is NC(=O)CNC(=O)CNC(=O)CNC(=O)CNC=O. The van der Waals surface area contributed by atoms with Crippen molar-refractivity contribution in [3.8, 4) is 0 Å². The molecule has 0 aliphatic rings. The number of nitrogens with one attached hydrogen (secondary N) is 4. The van der Waals surface area contributed by atoms with E-state index in [1.165, 1.54) is 0 Å². The molecule has 0 aromatic heterocycles. The first-order chi connectivity index (χ1) is 8.95. The van der Waals surface area contributed by atoms with Crippen LogP contribution in [0.2, 0.25) is 0 Å². The zero-order chi connectivity index (χ0) is 14.7. The Hall–Kier alpha value is -2.65. The second-order valence-corrected chi connectivity index (χ2v) is 3.30. The van der Waals surface area contributed by atoms with Crippen molar-refractivity contribution in [1.29, 1.82) is 0 Å². The topological polar surface area (TPSA) is 159 Å². The third-order valence-corrected chi connectivity index (χ3v) is 1.70. The van der Waals surface area contributed by atoms with E-state index in [-0.39, 0.29) is 26.2 Å². The van der Waals surface area contributed by atoms with Gasteiger partial charge in [-0.25, -0.2) is 0 Å². The molecule has 0 bridgehead atoms. The largest absolute Gasteiger partial charge is 0.368 e. The number of carbonyl (C=O) groups is 5. The van der Waals surface area contributed by atoms with E-state index >= 15 is 0 Å². The minimum atomic E-state index is -0.699. The lowest BCUT2D eigenvalue weighted by Gasteiger charge is -2.06. The van der Waals surface area contributed by atoms with Gasteiger partial charge in [0.05, 0.1) is 26.2 Å². The summed E-state index contributed by atoms with van der Waals surface area (Å²) in [6.07, 6.45) is 0.350. The number of nitrogens with two attached hydrogens (primary N) is 1. The Morgan fingerprint density at radius 2 is 1.21 bits per heavy atom. The van der Waals surface area contributed by atoms with Crippen molar-refractivity contribution in [2.45, 2.75) is 0 Å². The van der Waals surface area contributed by atoms with Gasteiger partial charge in [-0.15, -0.1) is 0 Å². The molecule has 0 atom stereocenters. The molecule has 0 heterocycles. The molecule has 19 heavy (non-hydrogen) atoms. The van der Waals surface area contributed by atoms with E-state index in [0.29, 0.717) is 6.41 Å². The summed E-state index contributed by atoms with van der Waals surface area (Å²) in [5, 5.41) is 8.71. The maximum Gasteiger partial charge on any atom is 0.239 e. The summed E-state index contributed by atoms with van der Waals surface area (Å²) in [7, 11) is 0. The lowest BCUT2D eigenvalue weighted by Crippen LogP contribution is -2.44. The molecule has 10 heteroatoms. The molecule has 0 aromatic carbocycles. The number of hydrogen-bond donors (Lipinski definition) is 5. The number of amides is 5. The number of rotatable bonds is 9. The van der Waals surface area contributed by atoms with Gasteiger partial charge in [0.15, 0.2) is 0 Å². The predicted molar refractivity (Wildman–Crippen MR) is 62.3 cm³/mol. The lowest BCUT2D eigenvalue weighted by atomic mass is 10.4. The second kappa shape index (κ2) is 9.39. The molecule has 0 aromatic rings. The molecular weight excluding hydrogens is 258 g/mol. The maximum atomic E-state index is 11.2. The van der Waals surface area contributed by atoms with Gasteiger partial charge in [0.25, 0.3) is 0 Å². The minimum absolute atomic E-state index is 0.240. The van der Waals surface area contributed by atoms with Gasteiger partial charge in [-0.1, -0.05) is 0 Å². The van der Waals surface area contributed by atoms with Gasteiger partial charge >= 0.3 is 0 Å². The Kier molecular flexibility index (Phi) is 8.08. The molecule has 0 fully saturated rings. The van der Waals surface area contributed by atoms with Crippen LogP contribution in [0.5, 0.6) is 0 Å². The molecule has 0 saturated heterocycles. The Balaban J connectivity index is 3.69.